The molecule has 1 saturated carbocycles. The van der Waals surface area contributed by atoms with E-state index < -0.39 is 35.7 Å². The van der Waals surface area contributed by atoms with Crippen LogP contribution in [-0.2, 0) is 9.53 Å². The lowest BCUT2D eigenvalue weighted by Gasteiger charge is -2.39. The average molecular weight is 595 g/mol. The first-order valence-corrected chi connectivity index (χ1v) is 14.0. The summed E-state index contributed by atoms with van der Waals surface area (Å²) in [5.41, 5.74) is 1.01. The highest BCUT2D eigenvalue weighted by Gasteiger charge is 2.44. The third-order valence-corrected chi connectivity index (χ3v) is 8.26. The van der Waals surface area contributed by atoms with Crippen molar-refractivity contribution in [2.75, 3.05) is 44.8 Å². The van der Waals surface area contributed by atoms with E-state index in [1.165, 1.54) is 7.11 Å². The van der Waals surface area contributed by atoms with Gasteiger partial charge in [0.15, 0.2) is 11.6 Å². The highest BCUT2D eigenvalue weighted by molar-refractivity contribution is 6.01. The van der Waals surface area contributed by atoms with E-state index in [0.29, 0.717) is 23.3 Å². The third-order valence-electron chi connectivity index (χ3n) is 8.26. The van der Waals surface area contributed by atoms with Gasteiger partial charge in [0.1, 0.15) is 12.1 Å². The minimum atomic E-state index is -1.52. The van der Waals surface area contributed by atoms with Gasteiger partial charge in [0, 0.05) is 45.4 Å². The number of nitrogens with one attached hydrogen (secondary N) is 2. The fourth-order valence-electron chi connectivity index (χ4n) is 6.22. The quantitative estimate of drug-likeness (QED) is 0.444. The molecule has 4 amide bonds. The number of nitriles is 1. The van der Waals surface area contributed by atoms with Crippen molar-refractivity contribution in [3.05, 3.63) is 76.5 Å². The lowest BCUT2D eigenvalue weighted by molar-refractivity contribution is -0.133. The summed E-state index contributed by atoms with van der Waals surface area (Å²) in [5.74, 6) is -3.83. The molecule has 2 heterocycles. The number of nitrogens with zero attached hydrogens (tertiary/aromatic N) is 4. The lowest BCUT2D eigenvalue weighted by Crippen LogP contribution is -2.56. The Hall–Kier alpha value is -4.54. The molecule has 2 aromatic carbocycles. The Morgan fingerprint density at radius 3 is 2.53 bits per heavy atom. The van der Waals surface area contributed by atoms with E-state index in [9.17, 15) is 33.5 Å². The first-order valence-electron chi connectivity index (χ1n) is 14.0. The van der Waals surface area contributed by atoms with Crippen LogP contribution in [0.25, 0.3) is 0 Å². The summed E-state index contributed by atoms with van der Waals surface area (Å²) < 4.78 is 33.0. The first kappa shape index (κ1) is 29.9. The molecule has 13 heteroatoms. The van der Waals surface area contributed by atoms with Crippen molar-refractivity contribution in [1.82, 2.24) is 20.4 Å². The number of methoxy groups -OCH3 is 1. The Balaban J connectivity index is 1.29. The molecule has 3 atom stereocenters. The van der Waals surface area contributed by atoms with Gasteiger partial charge in [0.25, 0.3) is 0 Å². The SMILES string of the molecule is COCC1=C(C(=O)O)[C@H](c2ccc(F)c(F)c2)N(C(=O)N[C@@H]2CC[C@H](N3CCN(c4ccccc4C#N)CC3)C2)C(=O)N1. The fourth-order valence-corrected chi connectivity index (χ4v) is 6.22. The Morgan fingerprint density at radius 1 is 1.12 bits per heavy atom. The predicted molar refractivity (Wildman–Crippen MR) is 151 cm³/mol. The van der Waals surface area contributed by atoms with Crippen LogP contribution in [0.1, 0.15) is 36.4 Å². The number of amides is 4. The van der Waals surface area contributed by atoms with Gasteiger partial charge in [-0.25, -0.2) is 28.1 Å². The highest BCUT2D eigenvalue weighted by atomic mass is 19.2. The van der Waals surface area contributed by atoms with E-state index in [1.807, 2.05) is 18.2 Å². The Morgan fingerprint density at radius 2 is 1.86 bits per heavy atom. The second-order valence-corrected chi connectivity index (χ2v) is 10.8. The molecule has 1 saturated heterocycles. The van der Waals surface area contributed by atoms with Crippen molar-refractivity contribution in [3.63, 3.8) is 0 Å². The summed E-state index contributed by atoms with van der Waals surface area (Å²) in [4.78, 5) is 44.3. The van der Waals surface area contributed by atoms with E-state index >= 15 is 0 Å². The molecule has 0 spiro atoms. The molecule has 0 bridgehead atoms. The molecule has 226 valence electrons. The molecular formula is C30H32F2N6O5. The topological polar surface area (TPSA) is 138 Å². The van der Waals surface area contributed by atoms with Crippen molar-refractivity contribution in [3.8, 4) is 6.07 Å². The molecule has 0 radical (unpaired) electrons. The number of carboxylic acids is 1. The normalized spacial score (nSPS) is 22.7. The lowest BCUT2D eigenvalue weighted by atomic mass is 9.93. The van der Waals surface area contributed by atoms with Gasteiger partial charge in [-0.05, 0) is 49.1 Å². The standard InChI is InChI=1S/C30H32F2N6O5/c1-43-17-24-26(28(39)40)27(18-6-9-22(31)23(32)14-18)38(30(42)35-24)29(41)34-20-7-8-21(15-20)36-10-12-37(13-11-36)25-5-3-2-4-19(25)16-33/h2-6,9,14,20-21,27H,7-8,10-13,15,17H2,1H3,(H,34,41)(H,35,42)(H,39,40)/t20-,21+,27+/m1/s1. The van der Waals surface area contributed by atoms with Crippen LogP contribution in [0.4, 0.5) is 24.1 Å². The molecule has 2 fully saturated rings. The summed E-state index contributed by atoms with van der Waals surface area (Å²) >= 11 is 0. The van der Waals surface area contributed by atoms with E-state index in [1.54, 1.807) is 6.07 Å². The van der Waals surface area contributed by atoms with Crippen molar-refractivity contribution in [1.29, 1.82) is 5.26 Å². The minimum Gasteiger partial charge on any atom is -0.478 e. The number of carbonyl (C=O) groups excluding carboxylic acids is 2. The number of ether oxygens (including phenoxy) is 1. The molecule has 2 aromatic rings. The van der Waals surface area contributed by atoms with Gasteiger partial charge in [-0.1, -0.05) is 18.2 Å². The number of para-hydroxylation sites is 1. The molecule has 0 unspecified atom stereocenters. The summed E-state index contributed by atoms with van der Waals surface area (Å²) in [6.45, 7) is 2.80. The van der Waals surface area contributed by atoms with Crippen LogP contribution in [0.2, 0.25) is 0 Å². The number of urea groups is 2. The van der Waals surface area contributed by atoms with E-state index in [2.05, 4.69) is 26.5 Å². The Kier molecular flexibility index (Phi) is 8.89. The first-order chi connectivity index (χ1) is 20.7. The number of hydrogen-bond donors (Lipinski definition) is 3. The zero-order chi connectivity index (χ0) is 30.7. The molecular weight excluding hydrogens is 562 g/mol. The average Bonchev–Trinajstić information content (AvgIpc) is 3.46. The van der Waals surface area contributed by atoms with Gasteiger partial charge in [0.05, 0.1) is 29.1 Å². The maximum absolute atomic E-state index is 14.2. The maximum Gasteiger partial charge on any atom is 0.335 e. The van der Waals surface area contributed by atoms with Gasteiger partial charge in [-0.2, -0.15) is 5.26 Å². The smallest absolute Gasteiger partial charge is 0.335 e. The molecule has 43 heavy (non-hydrogen) atoms. The van der Waals surface area contributed by atoms with E-state index in [-0.39, 0.29) is 35.5 Å². The van der Waals surface area contributed by atoms with E-state index in [4.69, 9.17) is 4.74 Å². The van der Waals surface area contributed by atoms with Crippen LogP contribution in [0.15, 0.2) is 53.7 Å². The van der Waals surface area contributed by atoms with Gasteiger partial charge < -0.3 is 25.4 Å². The van der Waals surface area contributed by atoms with Crippen LogP contribution >= 0.6 is 0 Å². The second-order valence-electron chi connectivity index (χ2n) is 10.8. The van der Waals surface area contributed by atoms with Gasteiger partial charge in [-0.3, -0.25) is 4.90 Å². The van der Waals surface area contributed by atoms with Crippen LogP contribution in [0, 0.1) is 23.0 Å². The summed E-state index contributed by atoms with van der Waals surface area (Å²) in [6, 6.07) is 9.15. The van der Waals surface area contributed by atoms with Crippen LogP contribution in [0.5, 0.6) is 0 Å². The fraction of sp³-hybridized carbons (Fsp3) is 0.400. The Bertz CT molecular complexity index is 1490. The van der Waals surface area contributed by atoms with Crippen molar-refractivity contribution < 1.29 is 33.0 Å². The number of carboxylic acid groups (broad SMARTS) is 1. The van der Waals surface area contributed by atoms with Crippen LogP contribution in [0.3, 0.4) is 0 Å². The monoisotopic (exact) mass is 594 g/mol. The largest absolute Gasteiger partial charge is 0.478 e. The van der Waals surface area contributed by atoms with Crippen molar-refractivity contribution in [2.45, 2.75) is 37.4 Å². The second kappa shape index (κ2) is 12.8. The number of piperazine rings is 1. The number of benzene rings is 2. The summed E-state index contributed by atoms with van der Waals surface area (Å²) in [5, 5.41) is 24.8. The number of aliphatic carboxylic acids is 1. The van der Waals surface area contributed by atoms with Crippen LogP contribution < -0.4 is 15.5 Å². The predicted octanol–water partition coefficient (Wildman–Crippen LogP) is 3.34. The highest BCUT2D eigenvalue weighted by Crippen LogP contribution is 2.35. The maximum atomic E-state index is 14.2. The minimum absolute atomic E-state index is 0.0740. The summed E-state index contributed by atoms with van der Waals surface area (Å²) in [6.07, 6.45) is 2.09. The molecule has 11 nitrogen and oxygen atoms in total. The molecule has 0 aromatic heterocycles. The number of halogens is 2. The van der Waals surface area contributed by atoms with Gasteiger partial charge in [-0.15, -0.1) is 0 Å². The number of carbonyl (C=O) groups is 3. The molecule has 2 aliphatic heterocycles. The van der Waals surface area contributed by atoms with Gasteiger partial charge >= 0.3 is 18.0 Å². The molecule has 1 aliphatic carbocycles. The van der Waals surface area contributed by atoms with Crippen molar-refractivity contribution in [2.24, 2.45) is 0 Å². The third kappa shape index (κ3) is 6.16. The number of hydrogen-bond acceptors (Lipinski definition) is 7. The van der Waals surface area contributed by atoms with Crippen LogP contribution in [-0.4, -0.2) is 84.9 Å². The van der Waals surface area contributed by atoms with Crippen molar-refractivity contribution >= 4 is 23.7 Å². The van der Waals surface area contributed by atoms with Gasteiger partial charge in [0.2, 0.25) is 0 Å². The summed E-state index contributed by atoms with van der Waals surface area (Å²) in [7, 11) is 1.31. The molecule has 3 N–H and O–H groups in total. The number of rotatable bonds is 7. The zero-order valence-corrected chi connectivity index (χ0v) is 23.6. The number of anilines is 1. The molecule has 3 aliphatic rings. The Labute approximate surface area is 247 Å². The molecule has 5 rings (SSSR count). The number of imide groups is 1. The zero-order valence-electron chi connectivity index (χ0n) is 23.6. The van der Waals surface area contributed by atoms with E-state index in [0.717, 1.165) is 56.5 Å².